The van der Waals surface area contributed by atoms with Crippen LogP contribution in [0.1, 0.15) is 30.1 Å². The van der Waals surface area contributed by atoms with Crippen molar-refractivity contribution < 1.29 is 4.79 Å². The molecule has 0 radical (unpaired) electrons. The van der Waals surface area contributed by atoms with Gasteiger partial charge in [-0.3, -0.25) is 4.79 Å². The second-order valence-corrected chi connectivity index (χ2v) is 5.88. The molecule has 1 atom stereocenters. The number of nitrogens with zero attached hydrogens (tertiary/aromatic N) is 1. The highest BCUT2D eigenvalue weighted by Crippen LogP contribution is 2.26. The molecule has 0 aromatic heterocycles. The Morgan fingerprint density at radius 2 is 1.94 bits per heavy atom. The number of piperidine rings is 1. The van der Waals surface area contributed by atoms with Gasteiger partial charge in [-0.15, -0.1) is 11.6 Å². The number of halogens is 2. The van der Waals surface area contributed by atoms with Crippen LogP contribution in [0.2, 0.25) is 5.02 Å². The highest BCUT2D eigenvalue weighted by atomic mass is 35.5. The molecule has 18 heavy (non-hydrogen) atoms. The van der Waals surface area contributed by atoms with E-state index in [2.05, 4.69) is 0 Å². The van der Waals surface area contributed by atoms with Crippen molar-refractivity contribution in [2.75, 3.05) is 13.1 Å². The van der Waals surface area contributed by atoms with Crippen LogP contribution in [0.5, 0.6) is 0 Å². The van der Waals surface area contributed by atoms with Gasteiger partial charge in [-0.05, 0) is 37.8 Å². The zero-order valence-electron chi connectivity index (χ0n) is 10.4. The van der Waals surface area contributed by atoms with Gasteiger partial charge < -0.3 is 4.90 Å². The van der Waals surface area contributed by atoms with Gasteiger partial charge >= 0.3 is 0 Å². The van der Waals surface area contributed by atoms with E-state index in [0.29, 0.717) is 16.5 Å². The van der Waals surface area contributed by atoms with Crippen molar-refractivity contribution >= 4 is 29.1 Å². The molecule has 1 fully saturated rings. The topological polar surface area (TPSA) is 20.3 Å². The van der Waals surface area contributed by atoms with Gasteiger partial charge in [0, 0.05) is 18.5 Å². The molecular formula is C14H17Cl2NO. The van der Waals surface area contributed by atoms with Crippen molar-refractivity contribution in [3.63, 3.8) is 0 Å². The summed E-state index contributed by atoms with van der Waals surface area (Å²) in [5.74, 6) is 0.545. The molecule has 1 heterocycles. The Bertz CT molecular complexity index is 426. The Morgan fingerprint density at radius 3 is 2.50 bits per heavy atom. The summed E-state index contributed by atoms with van der Waals surface area (Å²) >= 11 is 12.2. The summed E-state index contributed by atoms with van der Waals surface area (Å²) in [4.78, 5) is 14.2. The van der Waals surface area contributed by atoms with Crippen molar-refractivity contribution in [2.24, 2.45) is 5.92 Å². The van der Waals surface area contributed by atoms with Gasteiger partial charge in [-0.25, -0.2) is 0 Å². The number of alkyl halides is 1. The Kier molecular flexibility index (Phi) is 4.52. The van der Waals surface area contributed by atoms with E-state index in [-0.39, 0.29) is 11.3 Å². The largest absolute Gasteiger partial charge is 0.339 e. The molecule has 0 bridgehead atoms. The lowest BCUT2D eigenvalue weighted by atomic mass is 9.93. The third-order valence-electron chi connectivity index (χ3n) is 3.58. The van der Waals surface area contributed by atoms with Gasteiger partial charge in [0.05, 0.1) is 10.6 Å². The first-order chi connectivity index (χ1) is 8.59. The molecule has 1 aliphatic rings. The smallest absolute Gasteiger partial charge is 0.255 e. The molecule has 1 unspecified atom stereocenters. The Labute approximate surface area is 118 Å². The molecule has 98 valence electrons. The Balaban J connectivity index is 2.02. The summed E-state index contributed by atoms with van der Waals surface area (Å²) in [5, 5.41) is 0.706. The van der Waals surface area contributed by atoms with Crippen LogP contribution in [0.25, 0.3) is 0 Å². The monoisotopic (exact) mass is 285 g/mol. The quantitative estimate of drug-likeness (QED) is 0.757. The number of hydrogen-bond acceptors (Lipinski definition) is 1. The lowest BCUT2D eigenvalue weighted by Gasteiger charge is -2.33. The zero-order chi connectivity index (χ0) is 13.1. The summed E-state index contributed by atoms with van der Waals surface area (Å²) in [6.45, 7) is 3.56. The van der Waals surface area contributed by atoms with Crippen LogP contribution in [0.3, 0.4) is 0 Å². The molecule has 0 spiro atoms. The fourth-order valence-electron chi connectivity index (χ4n) is 2.37. The van der Waals surface area contributed by atoms with Gasteiger partial charge in [-0.2, -0.15) is 0 Å². The molecule has 1 amide bonds. The number of benzene rings is 1. The second kappa shape index (κ2) is 5.94. The molecular weight excluding hydrogens is 269 g/mol. The molecule has 2 rings (SSSR count). The summed E-state index contributed by atoms with van der Waals surface area (Å²) in [5.41, 5.74) is 0.594. The van der Waals surface area contributed by atoms with E-state index in [0.717, 1.165) is 25.9 Å². The lowest BCUT2D eigenvalue weighted by molar-refractivity contribution is 0.0690. The van der Waals surface area contributed by atoms with E-state index in [4.69, 9.17) is 23.2 Å². The third kappa shape index (κ3) is 2.99. The maximum absolute atomic E-state index is 12.3. The van der Waals surface area contributed by atoms with E-state index in [1.807, 2.05) is 24.0 Å². The number of rotatable bonds is 2. The zero-order valence-corrected chi connectivity index (χ0v) is 11.9. The highest BCUT2D eigenvalue weighted by molar-refractivity contribution is 6.33. The van der Waals surface area contributed by atoms with Crippen molar-refractivity contribution in [1.82, 2.24) is 4.90 Å². The first-order valence-corrected chi connectivity index (χ1v) is 7.09. The molecule has 0 aliphatic carbocycles. The number of carbonyl (C=O) groups is 1. The van der Waals surface area contributed by atoms with Crippen molar-refractivity contribution in [3.8, 4) is 0 Å². The maximum atomic E-state index is 12.3. The predicted octanol–water partition coefficient (Wildman–Crippen LogP) is 3.82. The van der Waals surface area contributed by atoms with Crippen LogP contribution in [0.15, 0.2) is 24.3 Å². The SMILES string of the molecule is CC(Cl)C1CCN(C(=O)c2ccccc2Cl)CC1. The van der Waals surface area contributed by atoms with Crippen LogP contribution in [0.4, 0.5) is 0 Å². The highest BCUT2D eigenvalue weighted by Gasteiger charge is 2.26. The molecule has 2 nitrogen and oxygen atoms in total. The molecule has 1 saturated heterocycles. The normalized spacial score (nSPS) is 18.7. The second-order valence-electron chi connectivity index (χ2n) is 4.79. The van der Waals surface area contributed by atoms with Gasteiger partial charge in [0.2, 0.25) is 0 Å². The van der Waals surface area contributed by atoms with Crippen LogP contribution in [-0.2, 0) is 0 Å². The third-order valence-corrected chi connectivity index (χ3v) is 4.27. The molecule has 1 aliphatic heterocycles. The van der Waals surface area contributed by atoms with Gasteiger partial charge in [-0.1, -0.05) is 23.7 Å². The molecule has 0 saturated carbocycles. The summed E-state index contributed by atoms with van der Waals surface area (Å²) < 4.78 is 0. The average molecular weight is 286 g/mol. The van der Waals surface area contributed by atoms with Crippen molar-refractivity contribution in [1.29, 1.82) is 0 Å². The van der Waals surface area contributed by atoms with Crippen LogP contribution in [-0.4, -0.2) is 29.3 Å². The molecule has 4 heteroatoms. The standard InChI is InChI=1S/C14H17Cl2NO/c1-10(15)11-6-8-17(9-7-11)14(18)12-4-2-3-5-13(12)16/h2-5,10-11H,6-9H2,1H3. The van der Waals surface area contributed by atoms with E-state index < -0.39 is 0 Å². The van der Waals surface area contributed by atoms with E-state index >= 15 is 0 Å². The van der Waals surface area contributed by atoms with E-state index in [1.54, 1.807) is 12.1 Å². The minimum Gasteiger partial charge on any atom is -0.339 e. The summed E-state index contributed by atoms with van der Waals surface area (Å²) in [7, 11) is 0. The summed E-state index contributed by atoms with van der Waals surface area (Å²) in [6.07, 6.45) is 1.95. The minimum absolute atomic E-state index is 0.0290. The Hall–Kier alpha value is -0.730. The first-order valence-electron chi connectivity index (χ1n) is 6.27. The lowest BCUT2D eigenvalue weighted by Crippen LogP contribution is -2.40. The Morgan fingerprint density at radius 1 is 1.33 bits per heavy atom. The van der Waals surface area contributed by atoms with E-state index in [1.165, 1.54) is 0 Å². The van der Waals surface area contributed by atoms with Gasteiger partial charge in [0.25, 0.3) is 5.91 Å². The maximum Gasteiger partial charge on any atom is 0.255 e. The van der Waals surface area contributed by atoms with Crippen molar-refractivity contribution in [2.45, 2.75) is 25.1 Å². The summed E-state index contributed by atoms with van der Waals surface area (Å²) in [6, 6.07) is 7.20. The fraction of sp³-hybridized carbons (Fsp3) is 0.500. The van der Waals surface area contributed by atoms with Crippen LogP contribution < -0.4 is 0 Å². The fourth-order valence-corrected chi connectivity index (χ4v) is 2.84. The molecule has 0 N–H and O–H groups in total. The minimum atomic E-state index is 0.0290. The molecule has 1 aromatic rings. The first kappa shape index (κ1) is 13.7. The van der Waals surface area contributed by atoms with Crippen molar-refractivity contribution in [3.05, 3.63) is 34.9 Å². The number of hydrogen-bond donors (Lipinski definition) is 0. The number of carbonyl (C=O) groups excluding carboxylic acids is 1. The number of amides is 1. The van der Waals surface area contributed by atoms with Crippen LogP contribution in [0, 0.1) is 5.92 Å². The molecule has 1 aromatic carbocycles. The van der Waals surface area contributed by atoms with Gasteiger partial charge in [0.15, 0.2) is 0 Å². The number of likely N-dealkylation sites (tertiary alicyclic amines) is 1. The predicted molar refractivity (Wildman–Crippen MR) is 75.4 cm³/mol. The van der Waals surface area contributed by atoms with Crippen LogP contribution >= 0.6 is 23.2 Å². The van der Waals surface area contributed by atoms with Gasteiger partial charge in [0.1, 0.15) is 0 Å². The van der Waals surface area contributed by atoms with E-state index in [9.17, 15) is 4.79 Å². The average Bonchev–Trinajstić information content (AvgIpc) is 2.38.